The minimum absolute atomic E-state index is 0.392. The first kappa shape index (κ1) is 12.6. The maximum atomic E-state index is 11.2. The van der Waals surface area contributed by atoms with Crippen LogP contribution in [-0.2, 0) is 4.74 Å². The molecule has 1 heterocycles. The maximum absolute atomic E-state index is 11.2. The Balaban J connectivity index is 2.75. The molecule has 0 atom stereocenters. The molecule has 0 aliphatic carbocycles. The molecule has 0 bridgehead atoms. The predicted molar refractivity (Wildman–Crippen MR) is 63.0 cm³/mol. The Morgan fingerprint density at radius 1 is 1.62 bits per heavy atom. The molecule has 0 spiro atoms. The molecule has 0 radical (unpaired) electrons. The Hall–Kier alpha value is -1.47. The molecule has 0 aliphatic heterocycles. The van der Waals surface area contributed by atoms with E-state index in [9.17, 15) is 4.79 Å². The normalized spacial score (nSPS) is 11.7. The molecule has 1 N–H and O–H groups in total. The number of nitrogens with one attached hydrogen (secondary N) is 1. The van der Waals surface area contributed by atoms with Crippen molar-refractivity contribution in [3.05, 3.63) is 11.1 Å². The molecule has 0 unspecified atom stereocenters. The average Bonchev–Trinajstić information content (AvgIpc) is 2.63. The fraction of sp³-hybridized carbons (Fsp3) is 0.444. The molecule has 6 nitrogen and oxygen atoms in total. The number of rotatable bonds is 3. The number of hydrogen-bond donors (Lipinski definition) is 1. The van der Waals surface area contributed by atoms with Gasteiger partial charge in [-0.2, -0.15) is 0 Å². The number of hydrazine groups is 1. The van der Waals surface area contributed by atoms with Crippen molar-refractivity contribution in [3.8, 4) is 0 Å². The van der Waals surface area contributed by atoms with Gasteiger partial charge in [0.05, 0.1) is 13.3 Å². The molecule has 0 aliphatic rings. The van der Waals surface area contributed by atoms with Gasteiger partial charge in [0, 0.05) is 14.1 Å². The van der Waals surface area contributed by atoms with E-state index in [0.717, 1.165) is 0 Å². The van der Waals surface area contributed by atoms with Crippen molar-refractivity contribution >= 4 is 28.3 Å². The topological polar surface area (TPSA) is 66.8 Å². The van der Waals surface area contributed by atoms with E-state index in [2.05, 4.69) is 20.1 Å². The predicted octanol–water partition coefficient (Wildman–Crippen LogP) is 1.05. The summed E-state index contributed by atoms with van der Waals surface area (Å²) in [5, 5.41) is 2.29. The van der Waals surface area contributed by atoms with E-state index in [0.29, 0.717) is 15.8 Å². The summed E-state index contributed by atoms with van der Waals surface area (Å²) in [6.07, 6.45) is 1.46. The molecule has 1 aromatic heterocycles. The molecule has 0 saturated heterocycles. The molecular formula is C9H14N4O2S. The van der Waals surface area contributed by atoms with Crippen LogP contribution in [0.5, 0.6) is 0 Å². The molecule has 0 amide bonds. The Morgan fingerprint density at radius 3 is 2.88 bits per heavy atom. The van der Waals surface area contributed by atoms with E-state index in [-0.39, 0.29) is 0 Å². The highest BCUT2D eigenvalue weighted by atomic mass is 32.1. The van der Waals surface area contributed by atoms with Crippen molar-refractivity contribution in [2.75, 3.05) is 21.2 Å². The third-order valence-corrected chi connectivity index (χ3v) is 2.40. The van der Waals surface area contributed by atoms with Gasteiger partial charge in [0.25, 0.3) is 0 Å². The fourth-order valence-corrected chi connectivity index (χ4v) is 1.76. The van der Waals surface area contributed by atoms with Crippen molar-refractivity contribution < 1.29 is 9.53 Å². The summed E-state index contributed by atoms with van der Waals surface area (Å²) in [7, 11) is 5.06. The Kier molecular flexibility index (Phi) is 4.39. The van der Waals surface area contributed by atoms with Crippen LogP contribution in [0.2, 0.25) is 0 Å². The summed E-state index contributed by atoms with van der Waals surface area (Å²) < 4.78 is 4.58. The summed E-state index contributed by atoms with van der Waals surface area (Å²) in [4.78, 5) is 19.8. The Morgan fingerprint density at radius 2 is 2.31 bits per heavy atom. The zero-order chi connectivity index (χ0) is 12.1. The number of thiazole rings is 1. The van der Waals surface area contributed by atoms with Gasteiger partial charge in [-0.15, -0.1) is 0 Å². The van der Waals surface area contributed by atoms with Gasteiger partial charge in [-0.3, -0.25) is 0 Å². The molecule has 1 aromatic rings. The van der Waals surface area contributed by atoms with E-state index < -0.39 is 5.97 Å². The van der Waals surface area contributed by atoms with E-state index in [1.807, 2.05) is 21.0 Å². The second kappa shape index (κ2) is 5.57. The van der Waals surface area contributed by atoms with Crippen molar-refractivity contribution in [1.29, 1.82) is 0 Å². The lowest BCUT2D eigenvalue weighted by molar-refractivity contribution is 0.0606. The van der Waals surface area contributed by atoms with Crippen molar-refractivity contribution in [2.45, 2.75) is 6.92 Å². The van der Waals surface area contributed by atoms with Crippen LogP contribution in [-0.4, -0.2) is 43.0 Å². The lowest BCUT2D eigenvalue weighted by Gasteiger charge is -2.11. The number of carbonyl (C=O) groups excluding carboxylic acids is 1. The SMILES string of the molecule is COC(=O)c1cnc(/N=C(/C)NN(C)C)s1. The van der Waals surface area contributed by atoms with Gasteiger partial charge in [0.2, 0.25) is 5.13 Å². The number of methoxy groups -OCH3 is 1. The van der Waals surface area contributed by atoms with E-state index in [1.54, 1.807) is 5.01 Å². The lowest BCUT2D eigenvalue weighted by Crippen LogP contribution is -2.34. The Bertz CT molecular complexity index is 400. The van der Waals surface area contributed by atoms with Crippen LogP contribution in [0, 0.1) is 0 Å². The molecule has 88 valence electrons. The lowest BCUT2D eigenvalue weighted by atomic mass is 10.6. The standard InChI is InChI=1S/C9H14N4O2S/c1-6(12-13(2)3)11-9-10-5-7(16-9)8(14)15-4/h5H,1-4H3,(H,10,11,12). The van der Waals surface area contributed by atoms with Gasteiger partial charge in [-0.25, -0.2) is 19.8 Å². The van der Waals surface area contributed by atoms with Crippen molar-refractivity contribution in [1.82, 2.24) is 15.4 Å². The van der Waals surface area contributed by atoms with Gasteiger partial charge in [0.15, 0.2) is 0 Å². The molecule has 0 fully saturated rings. The fourth-order valence-electron chi connectivity index (χ4n) is 1.00. The highest BCUT2D eigenvalue weighted by molar-refractivity contribution is 7.17. The van der Waals surface area contributed by atoms with E-state index in [1.165, 1.54) is 24.6 Å². The van der Waals surface area contributed by atoms with Crippen LogP contribution in [0.4, 0.5) is 5.13 Å². The summed E-state index contributed by atoms with van der Waals surface area (Å²) >= 11 is 1.19. The second-order valence-corrected chi connectivity index (χ2v) is 4.21. The zero-order valence-electron chi connectivity index (χ0n) is 9.64. The summed E-state index contributed by atoms with van der Waals surface area (Å²) in [6.45, 7) is 1.82. The largest absolute Gasteiger partial charge is 0.465 e. The summed E-state index contributed by atoms with van der Waals surface area (Å²) in [5.41, 5.74) is 2.98. The first-order valence-corrected chi connectivity index (χ1v) is 5.38. The molecule has 1 rings (SSSR count). The van der Waals surface area contributed by atoms with Crippen LogP contribution < -0.4 is 5.43 Å². The second-order valence-electron chi connectivity index (χ2n) is 3.20. The smallest absolute Gasteiger partial charge is 0.349 e. The molecule has 16 heavy (non-hydrogen) atoms. The third kappa shape index (κ3) is 3.59. The van der Waals surface area contributed by atoms with Crippen LogP contribution in [0.1, 0.15) is 16.6 Å². The molecule has 0 aromatic carbocycles. The van der Waals surface area contributed by atoms with Gasteiger partial charge in [-0.1, -0.05) is 11.3 Å². The van der Waals surface area contributed by atoms with Crippen LogP contribution >= 0.6 is 11.3 Å². The van der Waals surface area contributed by atoms with Gasteiger partial charge < -0.3 is 10.2 Å². The minimum atomic E-state index is -0.392. The average molecular weight is 242 g/mol. The van der Waals surface area contributed by atoms with Gasteiger partial charge >= 0.3 is 5.97 Å². The van der Waals surface area contributed by atoms with Crippen LogP contribution in [0.15, 0.2) is 11.2 Å². The number of carbonyl (C=O) groups is 1. The number of hydrogen-bond acceptors (Lipinski definition) is 6. The molecular weight excluding hydrogens is 228 g/mol. The molecule has 0 saturated carbocycles. The first-order chi connectivity index (χ1) is 7.52. The highest BCUT2D eigenvalue weighted by Crippen LogP contribution is 2.21. The number of amidine groups is 1. The van der Waals surface area contributed by atoms with Crippen molar-refractivity contribution in [2.24, 2.45) is 4.99 Å². The number of aliphatic imine (C=N–C) groups is 1. The monoisotopic (exact) mass is 242 g/mol. The van der Waals surface area contributed by atoms with E-state index in [4.69, 9.17) is 0 Å². The quantitative estimate of drug-likeness (QED) is 0.371. The van der Waals surface area contributed by atoms with Crippen molar-refractivity contribution in [3.63, 3.8) is 0 Å². The minimum Gasteiger partial charge on any atom is -0.465 e. The molecule has 7 heteroatoms. The van der Waals surface area contributed by atoms with E-state index >= 15 is 0 Å². The maximum Gasteiger partial charge on any atom is 0.349 e. The van der Waals surface area contributed by atoms with Crippen LogP contribution in [0.25, 0.3) is 0 Å². The van der Waals surface area contributed by atoms with Gasteiger partial charge in [0.1, 0.15) is 10.7 Å². The van der Waals surface area contributed by atoms with Crippen LogP contribution in [0.3, 0.4) is 0 Å². The summed E-state index contributed by atoms with van der Waals surface area (Å²) in [6, 6.07) is 0. The number of ether oxygens (including phenoxy) is 1. The summed E-state index contributed by atoms with van der Waals surface area (Å²) in [5.74, 6) is 0.313. The number of aromatic nitrogens is 1. The highest BCUT2D eigenvalue weighted by Gasteiger charge is 2.09. The number of nitrogens with zero attached hydrogens (tertiary/aromatic N) is 3. The number of esters is 1. The third-order valence-electron chi connectivity index (χ3n) is 1.53. The Labute approximate surface area is 97.9 Å². The first-order valence-electron chi connectivity index (χ1n) is 4.56. The van der Waals surface area contributed by atoms with Gasteiger partial charge in [-0.05, 0) is 6.92 Å². The zero-order valence-corrected chi connectivity index (χ0v) is 10.5.